The molecular formula is C18H13F6N3O4. The number of carbonyl (C=O) groups excluding carboxylic acids is 2. The molecule has 7 nitrogen and oxygen atoms in total. The second-order valence-electron chi connectivity index (χ2n) is 6.35. The Morgan fingerprint density at radius 1 is 0.968 bits per heavy atom. The number of nitro benzene ring substituents is 1. The van der Waals surface area contributed by atoms with Crippen LogP contribution in [-0.2, 0) is 23.6 Å². The van der Waals surface area contributed by atoms with Gasteiger partial charge in [0.05, 0.1) is 16.1 Å². The first-order valence-corrected chi connectivity index (χ1v) is 8.31. The number of nitrogens with two attached hydrogens (primary N) is 1. The van der Waals surface area contributed by atoms with Gasteiger partial charge in [-0.05, 0) is 23.8 Å². The number of primary amides is 1. The number of benzene rings is 2. The maximum Gasteiger partial charge on any atom is 0.416 e. The van der Waals surface area contributed by atoms with E-state index in [0.717, 1.165) is 12.1 Å². The van der Waals surface area contributed by atoms with Gasteiger partial charge < -0.3 is 11.1 Å². The maximum atomic E-state index is 12.9. The van der Waals surface area contributed by atoms with Crippen molar-refractivity contribution in [3.63, 3.8) is 0 Å². The van der Waals surface area contributed by atoms with Crippen LogP contribution in [0.1, 0.15) is 27.0 Å². The van der Waals surface area contributed by atoms with Gasteiger partial charge in [-0.2, -0.15) is 26.3 Å². The fourth-order valence-electron chi connectivity index (χ4n) is 2.54. The third-order valence-corrected chi connectivity index (χ3v) is 4.09. The van der Waals surface area contributed by atoms with E-state index in [4.69, 9.17) is 5.73 Å². The molecule has 166 valence electrons. The zero-order chi connectivity index (χ0) is 23.6. The fraction of sp³-hybridized carbons (Fsp3) is 0.222. The molecule has 0 saturated heterocycles. The van der Waals surface area contributed by atoms with Crippen LogP contribution in [0.3, 0.4) is 0 Å². The Morgan fingerprint density at radius 3 is 1.84 bits per heavy atom. The molecule has 2 amide bonds. The number of rotatable bonds is 6. The van der Waals surface area contributed by atoms with Crippen molar-refractivity contribution in [3.8, 4) is 0 Å². The molecule has 0 heterocycles. The van der Waals surface area contributed by atoms with Crippen LogP contribution >= 0.6 is 0 Å². The minimum Gasteiger partial charge on any atom is -0.368 e. The molecule has 0 saturated carbocycles. The average molecular weight is 449 g/mol. The van der Waals surface area contributed by atoms with Crippen LogP contribution in [0.2, 0.25) is 0 Å². The maximum absolute atomic E-state index is 12.9. The molecule has 0 radical (unpaired) electrons. The van der Waals surface area contributed by atoms with Gasteiger partial charge in [-0.15, -0.1) is 0 Å². The zero-order valence-electron chi connectivity index (χ0n) is 15.3. The second kappa shape index (κ2) is 8.62. The SMILES string of the molecule is NC(=O)[C@@H](Cc1ccc([N+](=O)[O-])cc1)NC(=O)c1cc(C(F)(F)F)cc(C(F)(F)F)c1. The number of nitrogens with zero attached hydrogens (tertiary/aromatic N) is 1. The summed E-state index contributed by atoms with van der Waals surface area (Å²) < 4.78 is 77.7. The summed E-state index contributed by atoms with van der Waals surface area (Å²) >= 11 is 0. The van der Waals surface area contributed by atoms with Gasteiger partial charge >= 0.3 is 12.4 Å². The van der Waals surface area contributed by atoms with Crippen LogP contribution in [0.25, 0.3) is 0 Å². The molecule has 0 spiro atoms. The Labute approximate surface area is 170 Å². The summed E-state index contributed by atoms with van der Waals surface area (Å²) in [6, 6.07) is 3.52. The number of nitro groups is 1. The number of non-ortho nitro benzene ring substituents is 1. The van der Waals surface area contributed by atoms with Gasteiger partial charge in [-0.3, -0.25) is 19.7 Å². The summed E-state index contributed by atoms with van der Waals surface area (Å²) in [7, 11) is 0. The van der Waals surface area contributed by atoms with Gasteiger partial charge in [0, 0.05) is 24.1 Å². The van der Waals surface area contributed by atoms with E-state index in [2.05, 4.69) is 0 Å². The summed E-state index contributed by atoms with van der Waals surface area (Å²) in [6.07, 6.45) is -10.6. The van der Waals surface area contributed by atoms with Gasteiger partial charge in [0.15, 0.2) is 0 Å². The van der Waals surface area contributed by atoms with Crippen molar-refractivity contribution in [1.82, 2.24) is 5.32 Å². The summed E-state index contributed by atoms with van der Waals surface area (Å²) in [6.45, 7) is 0. The highest BCUT2D eigenvalue weighted by Gasteiger charge is 2.37. The minimum absolute atomic E-state index is 0.140. The van der Waals surface area contributed by atoms with Crippen molar-refractivity contribution < 1.29 is 40.9 Å². The molecule has 0 aromatic heterocycles. The minimum atomic E-state index is -5.15. The lowest BCUT2D eigenvalue weighted by molar-refractivity contribution is -0.384. The average Bonchev–Trinajstić information content (AvgIpc) is 2.66. The number of alkyl halides is 6. The predicted octanol–water partition coefficient (Wildman–Crippen LogP) is 3.46. The molecule has 2 rings (SSSR count). The smallest absolute Gasteiger partial charge is 0.368 e. The third kappa shape index (κ3) is 6.17. The number of halogens is 6. The Balaban J connectivity index is 2.31. The van der Waals surface area contributed by atoms with Crippen LogP contribution in [0.4, 0.5) is 32.0 Å². The fourth-order valence-corrected chi connectivity index (χ4v) is 2.54. The first-order chi connectivity index (χ1) is 14.2. The van der Waals surface area contributed by atoms with Crippen molar-refractivity contribution in [2.45, 2.75) is 24.8 Å². The van der Waals surface area contributed by atoms with E-state index >= 15 is 0 Å². The monoisotopic (exact) mass is 449 g/mol. The molecular weight excluding hydrogens is 436 g/mol. The van der Waals surface area contributed by atoms with E-state index in [0.29, 0.717) is 5.56 Å². The molecule has 0 aliphatic carbocycles. The highest BCUT2D eigenvalue weighted by atomic mass is 19.4. The number of hydrogen-bond acceptors (Lipinski definition) is 4. The summed E-state index contributed by atoms with van der Waals surface area (Å²) in [5.41, 5.74) is 0.842. The topological polar surface area (TPSA) is 115 Å². The van der Waals surface area contributed by atoms with Gasteiger partial charge in [-0.1, -0.05) is 12.1 Å². The highest BCUT2D eigenvalue weighted by Crippen LogP contribution is 2.36. The van der Waals surface area contributed by atoms with Crippen LogP contribution in [0.15, 0.2) is 42.5 Å². The van der Waals surface area contributed by atoms with E-state index in [-0.39, 0.29) is 30.3 Å². The molecule has 0 unspecified atom stereocenters. The number of amides is 2. The lowest BCUT2D eigenvalue weighted by atomic mass is 10.0. The van der Waals surface area contributed by atoms with Gasteiger partial charge in [-0.25, -0.2) is 0 Å². The molecule has 2 aromatic carbocycles. The van der Waals surface area contributed by atoms with Crippen molar-refractivity contribution in [2.75, 3.05) is 0 Å². The normalized spacial score (nSPS) is 12.8. The van der Waals surface area contributed by atoms with Crippen molar-refractivity contribution in [3.05, 3.63) is 74.8 Å². The Morgan fingerprint density at radius 2 is 1.45 bits per heavy atom. The lowest BCUT2D eigenvalue weighted by Crippen LogP contribution is -2.46. The number of hydrogen-bond donors (Lipinski definition) is 2. The predicted molar refractivity (Wildman–Crippen MR) is 93.7 cm³/mol. The largest absolute Gasteiger partial charge is 0.416 e. The van der Waals surface area contributed by atoms with Crippen molar-refractivity contribution in [1.29, 1.82) is 0 Å². The Bertz CT molecular complexity index is 971. The van der Waals surface area contributed by atoms with Crippen LogP contribution in [0, 0.1) is 10.1 Å². The van der Waals surface area contributed by atoms with Crippen molar-refractivity contribution in [2.24, 2.45) is 5.73 Å². The van der Waals surface area contributed by atoms with Gasteiger partial charge in [0.25, 0.3) is 11.6 Å². The first kappa shape index (κ1) is 23.6. The highest BCUT2D eigenvalue weighted by molar-refractivity contribution is 5.97. The van der Waals surface area contributed by atoms with Gasteiger partial charge in [0.1, 0.15) is 6.04 Å². The molecule has 1 atom stereocenters. The lowest BCUT2D eigenvalue weighted by Gasteiger charge is -2.18. The quantitative estimate of drug-likeness (QED) is 0.399. The van der Waals surface area contributed by atoms with E-state index in [1.54, 1.807) is 0 Å². The molecule has 13 heteroatoms. The molecule has 0 aliphatic heterocycles. The molecule has 0 aliphatic rings. The van der Waals surface area contributed by atoms with E-state index in [1.165, 1.54) is 12.1 Å². The van der Waals surface area contributed by atoms with Gasteiger partial charge in [0.2, 0.25) is 5.91 Å². The molecule has 3 N–H and O–H groups in total. The first-order valence-electron chi connectivity index (χ1n) is 8.31. The van der Waals surface area contributed by atoms with Crippen LogP contribution < -0.4 is 11.1 Å². The summed E-state index contributed by atoms with van der Waals surface area (Å²) in [5, 5.41) is 12.6. The molecule has 0 bridgehead atoms. The number of carbonyl (C=O) groups is 2. The molecule has 0 fully saturated rings. The molecule has 2 aromatic rings. The Kier molecular flexibility index (Phi) is 6.57. The molecule has 31 heavy (non-hydrogen) atoms. The zero-order valence-corrected chi connectivity index (χ0v) is 15.3. The van der Waals surface area contributed by atoms with Crippen molar-refractivity contribution >= 4 is 17.5 Å². The summed E-state index contributed by atoms with van der Waals surface area (Å²) in [4.78, 5) is 33.9. The van der Waals surface area contributed by atoms with E-state index in [1.807, 2.05) is 5.32 Å². The Hall–Kier alpha value is -3.64. The van der Waals surface area contributed by atoms with Crippen LogP contribution in [-0.4, -0.2) is 22.8 Å². The standard InChI is InChI=1S/C18H13F6N3O4/c19-17(20,21)11-6-10(7-12(8-11)18(22,23)24)16(29)26-14(15(25)28)5-9-1-3-13(4-2-9)27(30)31/h1-4,6-8,14H,5H2,(H2,25,28)(H,26,29)/t14-/m1/s1. The number of nitrogens with one attached hydrogen (secondary N) is 1. The van der Waals surface area contributed by atoms with E-state index < -0.39 is 51.8 Å². The summed E-state index contributed by atoms with van der Waals surface area (Å²) in [5.74, 6) is -2.50. The van der Waals surface area contributed by atoms with E-state index in [9.17, 15) is 46.0 Å². The third-order valence-electron chi connectivity index (χ3n) is 4.09. The second-order valence-corrected chi connectivity index (χ2v) is 6.35. The van der Waals surface area contributed by atoms with Crippen LogP contribution in [0.5, 0.6) is 0 Å².